The predicted molar refractivity (Wildman–Crippen MR) is 156 cm³/mol. The fourth-order valence-electron chi connectivity index (χ4n) is 9.35. The lowest BCUT2D eigenvalue weighted by atomic mass is 9.70. The highest BCUT2D eigenvalue weighted by molar-refractivity contribution is 5.89. The summed E-state index contributed by atoms with van der Waals surface area (Å²) in [6, 6.07) is 0. The Morgan fingerprint density at radius 2 is 1.10 bits per heavy atom. The largest absolute Gasteiger partial charge is 0.390 e. The first-order valence-electron chi connectivity index (χ1n) is 15.1. The van der Waals surface area contributed by atoms with Crippen LogP contribution in [0.1, 0.15) is 116 Å². The lowest BCUT2D eigenvalue weighted by Gasteiger charge is -2.58. The van der Waals surface area contributed by atoms with Crippen molar-refractivity contribution >= 4 is 11.8 Å². The molecule has 0 aliphatic carbocycles. The summed E-state index contributed by atoms with van der Waals surface area (Å²) in [4.78, 5) is 33.6. The number of piperidine rings is 2. The van der Waals surface area contributed by atoms with Gasteiger partial charge in [0.1, 0.15) is 11.4 Å². The third kappa shape index (κ3) is 5.23. The second kappa shape index (κ2) is 9.12. The first-order valence-corrected chi connectivity index (χ1v) is 15.1. The number of ether oxygens (including phenoxy) is 2. The standard InChI is InChI=1S/C31H56N4O5/c1-14-33-22(37)31(39-28(33,10)11)19-26(6,7)35(27(8,9)20-31)16-21(36)15-34-23(38)30(40-29(34,12)13)17-24(2,3)32-25(4,5)18-30/h21,32,36H,14-20H2,1-13H3. The van der Waals surface area contributed by atoms with Crippen molar-refractivity contribution in [1.29, 1.82) is 0 Å². The molecule has 4 aliphatic heterocycles. The second-order valence-electron chi connectivity index (χ2n) is 16.5. The first-order chi connectivity index (χ1) is 17.8. The van der Waals surface area contributed by atoms with Gasteiger partial charge in [0.05, 0.1) is 12.6 Å². The fourth-order valence-corrected chi connectivity index (χ4v) is 9.35. The number of carbonyl (C=O) groups excluding carboxylic acids is 2. The minimum atomic E-state index is -0.921. The molecule has 4 saturated heterocycles. The normalized spacial score (nSPS) is 31.8. The van der Waals surface area contributed by atoms with Crippen molar-refractivity contribution in [2.24, 2.45) is 0 Å². The Morgan fingerprint density at radius 3 is 1.52 bits per heavy atom. The van der Waals surface area contributed by atoms with Crippen molar-refractivity contribution in [2.75, 3.05) is 19.6 Å². The van der Waals surface area contributed by atoms with E-state index in [4.69, 9.17) is 9.47 Å². The van der Waals surface area contributed by atoms with E-state index in [1.54, 1.807) is 4.90 Å². The van der Waals surface area contributed by atoms with E-state index in [2.05, 4.69) is 65.6 Å². The van der Waals surface area contributed by atoms with Gasteiger partial charge in [0.25, 0.3) is 11.8 Å². The maximum Gasteiger partial charge on any atom is 0.257 e. The van der Waals surface area contributed by atoms with E-state index in [1.807, 2.05) is 39.5 Å². The van der Waals surface area contributed by atoms with Crippen LogP contribution in [0, 0.1) is 0 Å². The van der Waals surface area contributed by atoms with E-state index in [0.29, 0.717) is 38.8 Å². The van der Waals surface area contributed by atoms with Gasteiger partial charge < -0.3 is 29.7 Å². The molecule has 9 nitrogen and oxygen atoms in total. The number of carbonyl (C=O) groups is 2. The number of β-amino-alcohol motifs (C(OH)–C–C–N with tert-alkyl or cyclic N) is 1. The summed E-state index contributed by atoms with van der Waals surface area (Å²) in [5.74, 6) is 0.0168. The van der Waals surface area contributed by atoms with Crippen molar-refractivity contribution in [3.05, 3.63) is 0 Å². The van der Waals surface area contributed by atoms with Crippen LogP contribution < -0.4 is 5.32 Å². The summed E-state index contributed by atoms with van der Waals surface area (Å²) in [5.41, 5.74) is -4.69. The number of likely N-dealkylation sites (tertiary alicyclic amines) is 1. The van der Waals surface area contributed by atoms with Crippen molar-refractivity contribution < 1.29 is 24.2 Å². The molecule has 0 saturated carbocycles. The van der Waals surface area contributed by atoms with Gasteiger partial charge in [0.15, 0.2) is 11.2 Å². The minimum Gasteiger partial charge on any atom is -0.390 e. The Bertz CT molecular complexity index is 1010. The molecule has 4 fully saturated rings. The summed E-state index contributed by atoms with van der Waals surface area (Å²) in [5, 5.41) is 15.2. The van der Waals surface area contributed by atoms with Crippen molar-refractivity contribution in [2.45, 2.75) is 167 Å². The lowest BCUT2D eigenvalue weighted by Crippen LogP contribution is -2.69. The van der Waals surface area contributed by atoms with Gasteiger partial charge in [0, 0.05) is 60.9 Å². The Labute approximate surface area is 242 Å². The van der Waals surface area contributed by atoms with Crippen LogP contribution in [-0.4, -0.2) is 102 Å². The molecule has 1 unspecified atom stereocenters. The molecule has 2 amide bonds. The average Bonchev–Trinajstić information content (AvgIpc) is 2.98. The molecular weight excluding hydrogens is 508 g/mol. The van der Waals surface area contributed by atoms with Crippen LogP contribution in [-0.2, 0) is 19.1 Å². The van der Waals surface area contributed by atoms with E-state index in [9.17, 15) is 14.7 Å². The summed E-state index contributed by atoms with van der Waals surface area (Å²) in [7, 11) is 0. The molecule has 0 radical (unpaired) electrons. The molecule has 4 aliphatic rings. The SMILES string of the molecule is CCN1C(=O)C2(CC(C)(C)N(CC(O)CN3C(=O)C4(CC(C)(C)NC(C)(C)C4)OC3(C)C)C(C)(C)C2)OC1(C)C. The van der Waals surface area contributed by atoms with E-state index in [0.717, 1.165) is 0 Å². The maximum absolute atomic E-state index is 14.1. The van der Waals surface area contributed by atoms with Crippen LogP contribution in [0.25, 0.3) is 0 Å². The summed E-state index contributed by atoms with van der Waals surface area (Å²) < 4.78 is 13.2. The van der Waals surface area contributed by atoms with Gasteiger partial charge in [0.2, 0.25) is 0 Å². The summed E-state index contributed by atoms with van der Waals surface area (Å²) in [6.45, 7) is 27.9. The number of aliphatic hydroxyl groups is 1. The number of likely N-dealkylation sites (N-methyl/N-ethyl adjacent to an activating group) is 1. The third-order valence-corrected chi connectivity index (χ3v) is 9.59. The Hall–Kier alpha value is -1.26. The molecule has 0 bridgehead atoms. The highest BCUT2D eigenvalue weighted by atomic mass is 16.6. The molecule has 9 heteroatoms. The average molecular weight is 565 g/mol. The number of nitrogens with one attached hydrogen (secondary N) is 1. The number of nitrogens with zero attached hydrogens (tertiary/aromatic N) is 3. The molecule has 0 aromatic rings. The molecule has 0 aromatic carbocycles. The monoisotopic (exact) mass is 564 g/mol. The van der Waals surface area contributed by atoms with Gasteiger partial charge in [-0.2, -0.15) is 0 Å². The van der Waals surface area contributed by atoms with Crippen LogP contribution >= 0.6 is 0 Å². The van der Waals surface area contributed by atoms with Crippen LogP contribution in [0.4, 0.5) is 0 Å². The van der Waals surface area contributed by atoms with Gasteiger partial charge in [-0.1, -0.05) is 0 Å². The zero-order chi connectivity index (χ0) is 30.5. The van der Waals surface area contributed by atoms with E-state index >= 15 is 0 Å². The van der Waals surface area contributed by atoms with Gasteiger partial charge in [-0.3, -0.25) is 14.5 Å². The number of hydrogen-bond donors (Lipinski definition) is 2. The van der Waals surface area contributed by atoms with E-state index in [1.165, 1.54) is 0 Å². The Kier molecular flexibility index (Phi) is 7.22. The number of aliphatic hydroxyl groups excluding tert-OH is 1. The molecule has 2 N–H and O–H groups in total. The van der Waals surface area contributed by atoms with Crippen LogP contribution in [0.3, 0.4) is 0 Å². The van der Waals surface area contributed by atoms with Crippen LogP contribution in [0.5, 0.6) is 0 Å². The van der Waals surface area contributed by atoms with Crippen LogP contribution in [0.2, 0.25) is 0 Å². The van der Waals surface area contributed by atoms with Gasteiger partial charge in [-0.05, 0) is 90.0 Å². The quantitative estimate of drug-likeness (QED) is 0.527. The number of rotatable bonds is 5. The Morgan fingerprint density at radius 1 is 0.700 bits per heavy atom. The van der Waals surface area contributed by atoms with E-state index in [-0.39, 0.29) is 29.4 Å². The first kappa shape index (κ1) is 31.7. The van der Waals surface area contributed by atoms with Gasteiger partial charge >= 0.3 is 0 Å². The molecule has 2 spiro atoms. The van der Waals surface area contributed by atoms with Crippen molar-refractivity contribution in [3.63, 3.8) is 0 Å². The summed E-state index contributed by atoms with van der Waals surface area (Å²) in [6.07, 6.45) is 1.43. The van der Waals surface area contributed by atoms with Gasteiger partial charge in [-0.25, -0.2) is 0 Å². The Balaban J connectivity index is 1.53. The summed E-state index contributed by atoms with van der Waals surface area (Å²) >= 11 is 0. The van der Waals surface area contributed by atoms with E-state index < -0.39 is 39.8 Å². The van der Waals surface area contributed by atoms with Gasteiger partial charge in [-0.15, -0.1) is 0 Å². The van der Waals surface area contributed by atoms with Crippen molar-refractivity contribution in [1.82, 2.24) is 20.0 Å². The zero-order valence-corrected chi connectivity index (χ0v) is 27.4. The fraction of sp³-hybridized carbons (Fsp3) is 0.935. The molecule has 230 valence electrons. The zero-order valence-electron chi connectivity index (χ0n) is 27.4. The topological polar surface area (TPSA) is 94.6 Å². The predicted octanol–water partition coefficient (Wildman–Crippen LogP) is 3.63. The van der Waals surface area contributed by atoms with Crippen LogP contribution in [0.15, 0.2) is 0 Å². The molecule has 0 aromatic heterocycles. The third-order valence-electron chi connectivity index (χ3n) is 9.59. The highest BCUT2D eigenvalue weighted by Crippen LogP contribution is 2.52. The number of amides is 2. The lowest BCUT2D eigenvalue weighted by molar-refractivity contribution is -0.189. The molecule has 4 rings (SSSR count). The molecular formula is C31H56N4O5. The minimum absolute atomic E-state index is 0.0397. The maximum atomic E-state index is 14.1. The second-order valence-corrected chi connectivity index (χ2v) is 16.5. The highest BCUT2D eigenvalue weighted by Gasteiger charge is 2.65. The molecule has 40 heavy (non-hydrogen) atoms. The smallest absolute Gasteiger partial charge is 0.257 e. The number of hydrogen-bond acceptors (Lipinski definition) is 7. The van der Waals surface area contributed by atoms with Crippen molar-refractivity contribution in [3.8, 4) is 0 Å². The molecule has 4 heterocycles. The molecule has 1 atom stereocenters.